The van der Waals surface area contributed by atoms with Crippen LogP contribution in [0.25, 0.3) is 5.65 Å². The van der Waals surface area contributed by atoms with Gasteiger partial charge in [0.05, 0.1) is 5.69 Å². The van der Waals surface area contributed by atoms with Crippen LogP contribution in [-0.2, 0) is 5.75 Å². The molecule has 0 saturated carbocycles. The van der Waals surface area contributed by atoms with Crippen LogP contribution in [-0.4, -0.2) is 32.4 Å². The molecule has 4 heterocycles. The molecule has 1 fully saturated rings. The van der Waals surface area contributed by atoms with Gasteiger partial charge in [0.15, 0.2) is 0 Å². The van der Waals surface area contributed by atoms with Gasteiger partial charge in [-0.1, -0.05) is 17.8 Å². The van der Waals surface area contributed by atoms with Gasteiger partial charge in [-0.05, 0) is 31.4 Å². The summed E-state index contributed by atoms with van der Waals surface area (Å²) in [4.78, 5) is 15.8. The number of imidazole rings is 1. The predicted molar refractivity (Wildman–Crippen MR) is 92.8 cm³/mol. The summed E-state index contributed by atoms with van der Waals surface area (Å²) in [6.45, 7) is 2.21. The molecule has 4 rings (SSSR count). The Labute approximate surface area is 139 Å². The van der Waals surface area contributed by atoms with Crippen LogP contribution in [0.5, 0.6) is 0 Å². The lowest BCUT2D eigenvalue weighted by molar-refractivity contribution is 0.572. The third kappa shape index (κ3) is 3.32. The molecule has 23 heavy (non-hydrogen) atoms. The standard InChI is InChI=1S/C17H19N5S/c1-3-7-21(8-4-1)16-10-17(19-13-18-16)23-12-14-11-22-9-5-2-6-15(22)20-14/h2,5-6,9-11,13H,1,3-4,7-8,12H2. The second-order valence-corrected chi connectivity index (χ2v) is 6.74. The van der Waals surface area contributed by atoms with Gasteiger partial charge in [0.25, 0.3) is 0 Å². The zero-order valence-corrected chi connectivity index (χ0v) is 13.7. The van der Waals surface area contributed by atoms with E-state index in [0.29, 0.717) is 0 Å². The summed E-state index contributed by atoms with van der Waals surface area (Å²) in [6.07, 6.45) is 9.62. The molecular weight excluding hydrogens is 306 g/mol. The Morgan fingerprint density at radius 1 is 1.09 bits per heavy atom. The van der Waals surface area contributed by atoms with E-state index < -0.39 is 0 Å². The van der Waals surface area contributed by atoms with E-state index in [4.69, 9.17) is 0 Å². The molecule has 1 aliphatic heterocycles. The molecule has 0 amide bonds. The number of nitrogens with zero attached hydrogens (tertiary/aromatic N) is 5. The molecule has 0 aromatic carbocycles. The number of rotatable bonds is 4. The first-order chi connectivity index (χ1) is 11.4. The van der Waals surface area contributed by atoms with Crippen molar-refractivity contribution in [1.29, 1.82) is 0 Å². The number of thioether (sulfide) groups is 1. The van der Waals surface area contributed by atoms with Crippen LogP contribution in [0.1, 0.15) is 25.0 Å². The molecule has 0 unspecified atom stereocenters. The maximum absolute atomic E-state index is 4.63. The van der Waals surface area contributed by atoms with Crippen molar-refractivity contribution in [3.05, 3.63) is 48.7 Å². The Kier molecular flexibility index (Phi) is 4.15. The van der Waals surface area contributed by atoms with Crippen molar-refractivity contribution in [3.63, 3.8) is 0 Å². The fourth-order valence-corrected chi connectivity index (χ4v) is 3.65. The van der Waals surface area contributed by atoms with Gasteiger partial charge in [0.2, 0.25) is 0 Å². The summed E-state index contributed by atoms with van der Waals surface area (Å²) < 4.78 is 2.05. The Bertz CT molecular complexity index is 761. The molecule has 3 aromatic rings. The molecule has 0 N–H and O–H groups in total. The van der Waals surface area contributed by atoms with E-state index in [-0.39, 0.29) is 0 Å². The molecule has 118 valence electrons. The van der Waals surface area contributed by atoms with E-state index in [0.717, 1.165) is 41.0 Å². The molecule has 0 aliphatic carbocycles. The number of hydrogen-bond donors (Lipinski definition) is 0. The van der Waals surface area contributed by atoms with E-state index in [1.807, 2.05) is 24.4 Å². The third-order valence-corrected chi connectivity index (χ3v) is 5.05. The predicted octanol–water partition coefficient (Wildman–Crippen LogP) is 3.41. The highest BCUT2D eigenvalue weighted by atomic mass is 32.2. The Hall–Kier alpha value is -2.08. The number of hydrogen-bond acceptors (Lipinski definition) is 5. The molecule has 5 nitrogen and oxygen atoms in total. The summed E-state index contributed by atoms with van der Waals surface area (Å²) >= 11 is 1.71. The number of pyridine rings is 1. The average molecular weight is 325 g/mol. The van der Waals surface area contributed by atoms with Crippen LogP contribution in [0, 0.1) is 0 Å². The average Bonchev–Trinajstić information content (AvgIpc) is 3.04. The zero-order valence-electron chi connectivity index (χ0n) is 12.9. The smallest absolute Gasteiger partial charge is 0.137 e. The van der Waals surface area contributed by atoms with Crippen LogP contribution in [0.15, 0.2) is 48.0 Å². The van der Waals surface area contributed by atoms with Crippen LogP contribution in [0.3, 0.4) is 0 Å². The Balaban J connectivity index is 1.46. The van der Waals surface area contributed by atoms with Crippen molar-refractivity contribution in [2.24, 2.45) is 0 Å². The number of anilines is 1. The largest absolute Gasteiger partial charge is 0.356 e. The lowest BCUT2D eigenvalue weighted by Gasteiger charge is -2.27. The molecule has 1 saturated heterocycles. The maximum Gasteiger partial charge on any atom is 0.137 e. The van der Waals surface area contributed by atoms with E-state index in [2.05, 4.69) is 36.5 Å². The topological polar surface area (TPSA) is 46.3 Å². The molecule has 6 heteroatoms. The maximum atomic E-state index is 4.63. The third-order valence-electron chi connectivity index (χ3n) is 4.09. The van der Waals surface area contributed by atoms with Gasteiger partial charge >= 0.3 is 0 Å². The highest BCUT2D eigenvalue weighted by Gasteiger charge is 2.13. The molecular formula is C17H19N5S. The van der Waals surface area contributed by atoms with Crippen molar-refractivity contribution < 1.29 is 0 Å². The van der Waals surface area contributed by atoms with Crippen molar-refractivity contribution in [2.45, 2.75) is 30.0 Å². The summed E-state index contributed by atoms with van der Waals surface area (Å²) in [5.41, 5.74) is 2.05. The van der Waals surface area contributed by atoms with Crippen LogP contribution in [0.2, 0.25) is 0 Å². The van der Waals surface area contributed by atoms with Crippen LogP contribution >= 0.6 is 11.8 Å². The van der Waals surface area contributed by atoms with Gasteiger partial charge in [-0.25, -0.2) is 15.0 Å². The van der Waals surface area contributed by atoms with E-state index in [1.165, 1.54) is 19.3 Å². The minimum atomic E-state index is 0.818. The lowest BCUT2D eigenvalue weighted by Crippen LogP contribution is -2.30. The van der Waals surface area contributed by atoms with Gasteiger partial charge in [-0.3, -0.25) is 0 Å². The normalized spacial score (nSPS) is 15.2. The second kappa shape index (κ2) is 6.58. The summed E-state index contributed by atoms with van der Waals surface area (Å²) in [5.74, 6) is 1.87. The van der Waals surface area contributed by atoms with Crippen LogP contribution in [0.4, 0.5) is 5.82 Å². The van der Waals surface area contributed by atoms with Gasteiger partial charge < -0.3 is 9.30 Å². The number of fused-ring (bicyclic) bond motifs is 1. The second-order valence-electron chi connectivity index (χ2n) is 5.75. The molecule has 0 radical (unpaired) electrons. The number of aromatic nitrogens is 4. The van der Waals surface area contributed by atoms with Crippen LogP contribution < -0.4 is 4.90 Å². The van der Waals surface area contributed by atoms with E-state index >= 15 is 0 Å². The first-order valence-corrected chi connectivity index (χ1v) is 8.99. The summed E-state index contributed by atoms with van der Waals surface area (Å²) in [7, 11) is 0. The minimum Gasteiger partial charge on any atom is -0.356 e. The van der Waals surface area contributed by atoms with Gasteiger partial charge in [-0.2, -0.15) is 0 Å². The highest BCUT2D eigenvalue weighted by Crippen LogP contribution is 2.24. The minimum absolute atomic E-state index is 0.818. The Morgan fingerprint density at radius 3 is 2.87 bits per heavy atom. The van der Waals surface area contributed by atoms with Crippen molar-refractivity contribution in [3.8, 4) is 0 Å². The molecule has 0 bridgehead atoms. The SMILES string of the molecule is c1ccn2cc(CSc3cc(N4CCCCC4)ncn3)nc2c1. The van der Waals surface area contributed by atoms with E-state index in [1.54, 1.807) is 18.1 Å². The van der Waals surface area contributed by atoms with Gasteiger partial charge in [0, 0.05) is 37.3 Å². The van der Waals surface area contributed by atoms with Crippen molar-refractivity contribution in [1.82, 2.24) is 19.4 Å². The fraction of sp³-hybridized carbons (Fsp3) is 0.353. The molecule has 3 aromatic heterocycles. The number of piperidine rings is 1. The molecule has 0 atom stereocenters. The van der Waals surface area contributed by atoms with Gasteiger partial charge in [0.1, 0.15) is 22.8 Å². The van der Waals surface area contributed by atoms with Crippen molar-refractivity contribution >= 4 is 23.2 Å². The lowest BCUT2D eigenvalue weighted by atomic mass is 10.1. The molecule has 1 aliphatic rings. The first kappa shape index (κ1) is 14.5. The van der Waals surface area contributed by atoms with Gasteiger partial charge in [-0.15, -0.1) is 0 Å². The Morgan fingerprint density at radius 2 is 2.00 bits per heavy atom. The van der Waals surface area contributed by atoms with Crippen molar-refractivity contribution in [2.75, 3.05) is 18.0 Å². The molecule has 0 spiro atoms. The monoisotopic (exact) mass is 325 g/mol. The first-order valence-electron chi connectivity index (χ1n) is 8.01. The summed E-state index contributed by atoms with van der Waals surface area (Å²) in [6, 6.07) is 8.15. The highest BCUT2D eigenvalue weighted by molar-refractivity contribution is 7.98. The quantitative estimate of drug-likeness (QED) is 0.543. The van der Waals surface area contributed by atoms with E-state index in [9.17, 15) is 0 Å². The fourth-order valence-electron chi connectivity index (χ4n) is 2.91. The summed E-state index contributed by atoms with van der Waals surface area (Å²) in [5, 5.41) is 1.01. The zero-order chi connectivity index (χ0) is 15.5.